The number of carbonyl (C=O) groups is 1. The summed E-state index contributed by atoms with van der Waals surface area (Å²) in [4.78, 5) is 10.7. The van der Waals surface area contributed by atoms with Gasteiger partial charge in [-0.3, -0.25) is 0 Å². The molecule has 0 aliphatic carbocycles. The molecule has 2 rings (SSSR count). The lowest BCUT2D eigenvalue weighted by atomic mass is 10.2. The van der Waals surface area contributed by atoms with Crippen molar-refractivity contribution in [2.24, 2.45) is 0 Å². The summed E-state index contributed by atoms with van der Waals surface area (Å²) in [6, 6.07) is 10.1. The van der Waals surface area contributed by atoms with Crippen molar-refractivity contribution < 1.29 is 14.6 Å². The van der Waals surface area contributed by atoms with Gasteiger partial charge in [-0.1, -0.05) is 30.3 Å². The van der Waals surface area contributed by atoms with E-state index in [1.807, 2.05) is 18.2 Å². The Hall–Kier alpha value is -1.39. The highest BCUT2D eigenvalue weighted by molar-refractivity contribution is 5.72. The molecule has 0 radical (unpaired) electrons. The summed E-state index contributed by atoms with van der Waals surface area (Å²) < 4.78 is 5.40. The van der Waals surface area contributed by atoms with Gasteiger partial charge >= 0.3 is 5.97 Å². The average molecular weight is 235 g/mol. The van der Waals surface area contributed by atoms with Crippen molar-refractivity contribution in [1.82, 2.24) is 5.32 Å². The third-order valence-corrected chi connectivity index (χ3v) is 2.93. The molecule has 92 valence electrons. The fraction of sp³-hybridized carbons (Fsp3) is 0.462. The number of hydrogen-bond donors (Lipinski definition) is 2. The number of carboxylic acid groups (broad SMARTS) is 1. The van der Waals surface area contributed by atoms with Crippen LogP contribution in [0.25, 0.3) is 0 Å². The van der Waals surface area contributed by atoms with Gasteiger partial charge in [-0.05, 0) is 18.4 Å². The van der Waals surface area contributed by atoms with E-state index in [4.69, 9.17) is 9.84 Å². The zero-order chi connectivity index (χ0) is 12.1. The van der Waals surface area contributed by atoms with Crippen molar-refractivity contribution in [3.8, 4) is 0 Å². The van der Waals surface area contributed by atoms with Gasteiger partial charge in [0.05, 0.1) is 6.10 Å². The standard InChI is InChI=1S/C13H17NO3/c15-13(16)12-7-6-11(17-12)9-14-8-10-4-2-1-3-5-10/h1-5,11-12,14H,6-9H2,(H,15,16). The number of rotatable bonds is 5. The van der Waals surface area contributed by atoms with Crippen LogP contribution in [0.4, 0.5) is 0 Å². The van der Waals surface area contributed by atoms with Gasteiger partial charge in [0.1, 0.15) is 0 Å². The monoisotopic (exact) mass is 235 g/mol. The molecule has 17 heavy (non-hydrogen) atoms. The minimum atomic E-state index is -0.851. The molecular weight excluding hydrogens is 218 g/mol. The summed E-state index contributed by atoms with van der Waals surface area (Å²) in [6.07, 6.45) is 0.851. The van der Waals surface area contributed by atoms with E-state index in [1.54, 1.807) is 0 Å². The molecule has 0 bridgehead atoms. The lowest BCUT2D eigenvalue weighted by molar-refractivity contribution is -0.149. The topological polar surface area (TPSA) is 58.6 Å². The molecule has 1 aromatic rings. The SMILES string of the molecule is O=C(O)C1CCC(CNCc2ccccc2)O1. The molecule has 0 amide bonds. The molecular formula is C13H17NO3. The predicted octanol–water partition coefficient (Wildman–Crippen LogP) is 1.41. The minimum absolute atomic E-state index is 0.0276. The normalized spacial score (nSPS) is 23.8. The van der Waals surface area contributed by atoms with Gasteiger partial charge in [0.2, 0.25) is 0 Å². The van der Waals surface area contributed by atoms with Crippen LogP contribution >= 0.6 is 0 Å². The van der Waals surface area contributed by atoms with Gasteiger partial charge in [-0.2, -0.15) is 0 Å². The lowest BCUT2D eigenvalue weighted by Gasteiger charge is -2.12. The molecule has 2 atom stereocenters. The van der Waals surface area contributed by atoms with E-state index in [9.17, 15) is 4.79 Å². The molecule has 4 nitrogen and oxygen atoms in total. The first-order valence-electron chi connectivity index (χ1n) is 5.88. The highest BCUT2D eigenvalue weighted by Gasteiger charge is 2.29. The van der Waals surface area contributed by atoms with Crippen LogP contribution in [0, 0.1) is 0 Å². The fourth-order valence-corrected chi connectivity index (χ4v) is 2.01. The lowest BCUT2D eigenvalue weighted by Crippen LogP contribution is -2.28. The maximum Gasteiger partial charge on any atom is 0.332 e. The smallest absolute Gasteiger partial charge is 0.332 e. The van der Waals surface area contributed by atoms with Gasteiger partial charge in [0.15, 0.2) is 6.10 Å². The van der Waals surface area contributed by atoms with E-state index < -0.39 is 12.1 Å². The van der Waals surface area contributed by atoms with Crippen molar-refractivity contribution in [3.05, 3.63) is 35.9 Å². The van der Waals surface area contributed by atoms with Crippen LogP contribution in [0.5, 0.6) is 0 Å². The number of aliphatic carboxylic acids is 1. The number of hydrogen-bond acceptors (Lipinski definition) is 3. The Balaban J connectivity index is 1.68. The second-order valence-electron chi connectivity index (χ2n) is 4.28. The van der Waals surface area contributed by atoms with E-state index in [2.05, 4.69) is 17.4 Å². The summed E-state index contributed by atoms with van der Waals surface area (Å²) in [5, 5.41) is 12.1. The van der Waals surface area contributed by atoms with Crippen LogP contribution in [0.2, 0.25) is 0 Å². The molecule has 4 heteroatoms. The van der Waals surface area contributed by atoms with Crippen LogP contribution in [0.3, 0.4) is 0 Å². The van der Waals surface area contributed by atoms with Crippen molar-refractivity contribution >= 4 is 5.97 Å². The van der Waals surface area contributed by atoms with E-state index in [-0.39, 0.29) is 6.10 Å². The summed E-state index contributed by atoms with van der Waals surface area (Å²) >= 11 is 0. The van der Waals surface area contributed by atoms with Gasteiger partial charge in [0, 0.05) is 13.1 Å². The van der Waals surface area contributed by atoms with Crippen LogP contribution in [0.15, 0.2) is 30.3 Å². The molecule has 2 N–H and O–H groups in total. The summed E-state index contributed by atoms with van der Waals surface area (Å²) in [7, 11) is 0. The molecule has 0 spiro atoms. The number of nitrogens with one attached hydrogen (secondary N) is 1. The zero-order valence-electron chi connectivity index (χ0n) is 9.63. The number of ether oxygens (including phenoxy) is 1. The average Bonchev–Trinajstić information content (AvgIpc) is 2.79. The third kappa shape index (κ3) is 3.54. The molecule has 1 fully saturated rings. The first kappa shape index (κ1) is 12.1. The van der Waals surface area contributed by atoms with Crippen LogP contribution in [-0.2, 0) is 16.1 Å². The molecule has 0 aromatic heterocycles. The quantitative estimate of drug-likeness (QED) is 0.810. The van der Waals surface area contributed by atoms with E-state index in [0.29, 0.717) is 13.0 Å². The highest BCUT2D eigenvalue weighted by atomic mass is 16.5. The second-order valence-corrected chi connectivity index (χ2v) is 4.28. The number of carboxylic acids is 1. The van der Waals surface area contributed by atoms with E-state index in [1.165, 1.54) is 5.56 Å². The largest absolute Gasteiger partial charge is 0.479 e. The zero-order valence-corrected chi connectivity index (χ0v) is 9.63. The van der Waals surface area contributed by atoms with Gasteiger partial charge < -0.3 is 15.2 Å². The molecule has 1 heterocycles. The van der Waals surface area contributed by atoms with Crippen molar-refractivity contribution in [1.29, 1.82) is 0 Å². The van der Waals surface area contributed by atoms with Gasteiger partial charge in [0.25, 0.3) is 0 Å². The van der Waals surface area contributed by atoms with E-state index in [0.717, 1.165) is 13.0 Å². The first-order chi connectivity index (χ1) is 8.25. The molecule has 1 aliphatic rings. The second kappa shape index (κ2) is 5.80. The summed E-state index contributed by atoms with van der Waals surface area (Å²) in [5.74, 6) is -0.851. The first-order valence-corrected chi connectivity index (χ1v) is 5.88. The van der Waals surface area contributed by atoms with E-state index >= 15 is 0 Å². The Labute approximate surface area is 101 Å². The number of benzene rings is 1. The molecule has 0 saturated carbocycles. The molecule has 1 saturated heterocycles. The highest BCUT2D eigenvalue weighted by Crippen LogP contribution is 2.19. The molecule has 1 aromatic carbocycles. The van der Waals surface area contributed by atoms with Crippen molar-refractivity contribution in [2.45, 2.75) is 31.6 Å². The van der Waals surface area contributed by atoms with Crippen molar-refractivity contribution in [3.63, 3.8) is 0 Å². The molecule has 1 aliphatic heterocycles. The Morgan fingerprint density at radius 2 is 2.12 bits per heavy atom. The van der Waals surface area contributed by atoms with Crippen LogP contribution in [-0.4, -0.2) is 29.8 Å². The Bertz CT molecular complexity index is 366. The summed E-state index contributed by atoms with van der Waals surface area (Å²) in [6.45, 7) is 1.50. The van der Waals surface area contributed by atoms with Crippen LogP contribution in [0.1, 0.15) is 18.4 Å². The third-order valence-electron chi connectivity index (χ3n) is 2.93. The van der Waals surface area contributed by atoms with Crippen LogP contribution < -0.4 is 5.32 Å². The maximum atomic E-state index is 10.7. The Morgan fingerprint density at radius 3 is 2.76 bits per heavy atom. The van der Waals surface area contributed by atoms with Gasteiger partial charge in [-0.15, -0.1) is 0 Å². The molecule has 2 unspecified atom stereocenters. The Kier molecular flexibility index (Phi) is 4.12. The van der Waals surface area contributed by atoms with Gasteiger partial charge in [-0.25, -0.2) is 4.79 Å². The predicted molar refractivity (Wildman–Crippen MR) is 63.7 cm³/mol. The van der Waals surface area contributed by atoms with Crippen molar-refractivity contribution in [2.75, 3.05) is 6.54 Å². The Morgan fingerprint density at radius 1 is 1.35 bits per heavy atom. The summed E-state index contributed by atoms with van der Waals surface area (Å²) in [5.41, 5.74) is 1.22. The minimum Gasteiger partial charge on any atom is -0.479 e. The fourth-order valence-electron chi connectivity index (χ4n) is 2.01. The maximum absolute atomic E-state index is 10.7.